The number of likely N-dealkylation sites (tertiary alicyclic amines) is 1. The molecule has 1 fully saturated rings. The van der Waals surface area contributed by atoms with Crippen molar-refractivity contribution in [1.82, 2.24) is 4.90 Å². The molecule has 0 spiro atoms. The summed E-state index contributed by atoms with van der Waals surface area (Å²) in [6, 6.07) is 0.707. The standard InChI is InChI=1S/C12H26N2O/c1-3-12(4-7-13)14-8-5-11(6-9-14)10-15-2/h11-12H,3-10,13H2,1-2H3. The van der Waals surface area contributed by atoms with Gasteiger partial charge in [-0.15, -0.1) is 0 Å². The minimum atomic E-state index is 0.707. The van der Waals surface area contributed by atoms with Crippen molar-refractivity contribution in [3.05, 3.63) is 0 Å². The van der Waals surface area contributed by atoms with Gasteiger partial charge in [0.25, 0.3) is 0 Å². The van der Waals surface area contributed by atoms with Crippen molar-refractivity contribution >= 4 is 0 Å². The predicted octanol–water partition coefficient (Wildman–Crippen LogP) is 1.47. The van der Waals surface area contributed by atoms with Crippen molar-refractivity contribution in [2.45, 2.75) is 38.6 Å². The fourth-order valence-corrected chi connectivity index (χ4v) is 2.56. The van der Waals surface area contributed by atoms with Crippen molar-refractivity contribution in [2.24, 2.45) is 11.7 Å². The van der Waals surface area contributed by atoms with Gasteiger partial charge in [0, 0.05) is 19.8 Å². The van der Waals surface area contributed by atoms with Gasteiger partial charge in [0.2, 0.25) is 0 Å². The predicted molar refractivity (Wildman–Crippen MR) is 63.9 cm³/mol. The molecule has 0 radical (unpaired) electrons. The van der Waals surface area contributed by atoms with Gasteiger partial charge in [-0.25, -0.2) is 0 Å². The van der Waals surface area contributed by atoms with E-state index in [1.165, 1.54) is 32.4 Å². The van der Waals surface area contributed by atoms with Crippen LogP contribution in [0.25, 0.3) is 0 Å². The molecule has 15 heavy (non-hydrogen) atoms. The van der Waals surface area contributed by atoms with Crippen LogP contribution >= 0.6 is 0 Å². The number of hydrogen-bond acceptors (Lipinski definition) is 3. The first-order valence-corrected chi connectivity index (χ1v) is 6.24. The number of piperidine rings is 1. The fourth-order valence-electron chi connectivity index (χ4n) is 2.56. The van der Waals surface area contributed by atoms with Crippen LogP contribution in [0.3, 0.4) is 0 Å². The summed E-state index contributed by atoms with van der Waals surface area (Å²) >= 11 is 0. The van der Waals surface area contributed by atoms with Gasteiger partial charge in [-0.2, -0.15) is 0 Å². The SMILES string of the molecule is CCC(CCN)N1CCC(COC)CC1. The number of nitrogens with zero attached hydrogens (tertiary/aromatic N) is 1. The Balaban J connectivity index is 2.28. The molecule has 0 aromatic carbocycles. The summed E-state index contributed by atoms with van der Waals surface area (Å²) in [5.41, 5.74) is 5.64. The molecule has 1 atom stereocenters. The van der Waals surface area contributed by atoms with Gasteiger partial charge in [0.1, 0.15) is 0 Å². The molecule has 0 aromatic heterocycles. The summed E-state index contributed by atoms with van der Waals surface area (Å²) in [5.74, 6) is 0.779. The molecule has 2 N–H and O–H groups in total. The minimum Gasteiger partial charge on any atom is -0.384 e. The van der Waals surface area contributed by atoms with E-state index in [0.29, 0.717) is 6.04 Å². The van der Waals surface area contributed by atoms with E-state index < -0.39 is 0 Å². The number of ether oxygens (including phenoxy) is 1. The topological polar surface area (TPSA) is 38.5 Å². The lowest BCUT2D eigenvalue weighted by Gasteiger charge is -2.37. The third kappa shape index (κ3) is 4.09. The lowest BCUT2D eigenvalue weighted by Crippen LogP contribution is -2.42. The summed E-state index contributed by atoms with van der Waals surface area (Å²) in [6.45, 7) is 6.47. The van der Waals surface area contributed by atoms with Crippen LogP contribution in [-0.4, -0.2) is 44.3 Å². The monoisotopic (exact) mass is 214 g/mol. The van der Waals surface area contributed by atoms with Gasteiger partial charge >= 0.3 is 0 Å². The van der Waals surface area contributed by atoms with Crippen LogP contribution in [0.2, 0.25) is 0 Å². The molecule has 0 bridgehead atoms. The molecule has 90 valence electrons. The van der Waals surface area contributed by atoms with Crippen LogP contribution in [0.5, 0.6) is 0 Å². The number of methoxy groups -OCH3 is 1. The van der Waals surface area contributed by atoms with Gasteiger partial charge in [-0.1, -0.05) is 6.92 Å². The maximum absolute atomic E-state index is 5.64. The molecule has 0 aromatic rings. The number of nitrogens with two attached hydrogens (primary N) is 1. The summed E-state index contributed by atoms with van der Waals surface area (Å²) in [7, 11) is 1.80. The summed E-state index contributed by atoms with van der Waals surface area (Å²) < 4.78 is 5.21. The second-order valence-electron chi connectivity index (χ2n) is 4.57. The Morgan fingerprint density at radius 3 is 2.53 bits per heavy atom. The van der Waals surface area contributed by atoms with E-state index in [9.17, 15) is 0 Å². The second kappa shape index (κ2) is 7.20. The third-order valence-corrected chi connectivity index (χ3v) is 3.54. The molecule has 3 nitrogen and oxygen atoms in total. The first kappa shape index (κ1) is 12.9. The normalized spacial score (nSPS) is 21.8. The van der Waals surface area contributed by atoms with E-state index in [1.54, 1.807) is 7.11 Å². The Morgan fingerprint density at radius 2 is 2.07 bits per heavy atom. The lowest BCUT2D eigenvalue weighted by atomic mass is 9.95. The van der Waals surface area contributed by atoms with Crippen molar-refractivity contribution < 1.29 is 4.74 Å². The quantitative estimate of drug-likeness (QED) is 0.728. The highest BCUT2D eigenvalue weighted by Crippen LogP contribution is 2.21. The highest BCUT2D eigenvalue weighted by Gasteiger charge is 2.23. The molecule has 0 saturated carbocycles. The van der Waals surface area contributed by atoms with E-state index in [0.717, 1.165) is 25.5 Å². The zero-order chi connectivity index (χ0) is 11.1. The van der Waals surface area contributed by atoms with Gasteiger partial charge in [0.05, 0.1) is 0 Å². The summed E-state index contributed by atoms with van der Waals surface area (Å²) in [5, 5.41) is 0. The first-order chi connectivity index (χ1) is 7.31. The van der Waals surface area contributed by atoms with E-state index in [1.807, 2.05) is 0 Å². The van der Waals surface area contributed by atoms with Crippen LogP contribution in [0.1, 0.15) is 32.6 Å². The fraction of sp³-hybridized carbons (Fsp3) is 1.00. The molecule has 1 unspecified atom stereocenters. The Kier molecular flexibility index (Phi) is 6.22. The maximum atomic E-state index is 5.64. The van der Waals surface area contributed by atoms with Crippen molar-refractivity contribution in [3.8, 4) is 0 Å². The molecule has 1 heterocycles. The van der Waals surface area contributed by atoms with Crippen LogP contribution in [0, 0.1) is 5.92 Å². The van der Waals surface area contributed by atoms with Crippen LogP contribution in [-0.2, 0) is 4.74 Å². The largest absolute Gasteiger partial charge is 0.384 e. The van der Waals surface area contributed by atoms with E-state index in [4.69, 9.17) is 10.5 Å². The van der Waals surface area contributed by atoms with Crippen molar-refractivity contribution in [3.63, 3.8) is 0 Å². The van der Waals surface area contributed by atoms with Crippen LogP contribution < -0.4 is 5.73 Å². The van der Waals surface area contributed by atoms with Crippen molar-refractivity contribution in [2.75, 3.05) is 33.4 Å². The summed E-state index contributed by atoms with van der Waals surface area (Å²) in [6.07, 6.45) is 4.95. The number of hydrogen-bond donors (Lipinski definition) is 1. The third-order valence-electron chi connectivity index (χ3n) is 3.54. The molecule has 0 aliphatic carbocycles. The van der Waals surface area contributed by atoms with E-state index >= 15 is 0 Å². The zero-order valence-electron chi connectivity index (χ0n) is 10.2. The minimum absolute atomic E-state index is 0.707. The highest BCUT2D eigenvalue weighted by molar-refractivity contribution is 4.77. The molecular formula is C12H26N2O. The van der Waals surface area contributed by atoms with Crippen LogP contribution in [0.15, 0.2) is 0 Å². The number of rotatable bonds is 6. The van der Waals surface area contributed by atoms with E-state index in [2.05, 4.69) is 11.8 Å². The Labute approximate surface area is 94.0 Å². The van der Waals surface area contributed by atoms with Gasteiger partial charge in [-0.3, -0.25) is 0 Å². The van der Waals surface area contributed by atoms with Gasteiger partial charge in [-0.05, 0) is 51.2 Å². The smallest absolute Gasteiger partial charge is 0.0491 e. The van der Waals surface area contributed by atoms with E-state index in [-0.39, 0.29) is 0 Å². The van der Waals surface area contributed by atoms with Gasteiger partial charge in [0.15, 0.2) is 0 Å². The maximum Gasteiger partial charge on any atom is 0.0491 e. The van der Waals surface area contributed by atoms with Gasteiger partial charge < -0.3 is 15.4 Å². The Morgan fingerprint density at radius 1 is 1.40 bits per heavy atom. The lowest BCUT2D eigenvalue weighted by molar-refractivity contribution is 0.0765. The molecular weight excluding hydrogens is 188 g/mol. The molecule has 3 heteroatoms. The Hall–Kier alpha value is -0.120. The average molecular weight is 214 g/mol. The Bertz CT molecular complexity index is 156. The molecule has 1 aliphatic heterocycles. The molecule has 1 rings (SSSR count). The molecule has 1 saturated heterocycles. The zero-order valence-corrected chi connectivity index (χ0v) is 10.2. The molecule has 0 amide bonds. The highest BCUT2D eigenvalue weighted by atomic mass is 16.5. The molecule has 1 aliphatic rings. The van der Waals surface area contributed by atoms with Crippen LogP contribution in [0.4, 0.5) is 0 Å². The second-order valence-corrected chi connectivity index (χ2v) is 4.57. The summed E-state index contributed by atoms with van der Waals surface area (Å²) in [4.78, 5) is 2.61. The van der Waals surface area contributed by atoms with Crippen molar-refractivity contribution in [1.29, 1.82) is 0 Å². The first-order valence-electron chi connectivity index (χ1n) is 6.24. The average Bonchev–Trinajstić information content (AvgIpc) is 2.28.